The normalized spacial score (nSPS) is 9.88. The van der Waals surface area contributed by atoms with Gasteiger partial charge in [0, 0.05) is 23.0 Å². The fourth-order valence-corrected chi connectivity index (χ4v) is 1.57. The van der Waals surface area contributed by atoms with Gasteiger partial charge in [-0.05, 0) is 24.3 Å². The standard InChI is InChI=1S/C13H13N3O/c14-13(15)11-6-1-2-7-12(11)16-9-4-3-5-10(17)8-9/h1-8,16-17H,(H3,14,15). The molecule has 0 heterocycles. The molecule has 0 aromatic heterocycles. The summed E-state index contributed by atoms with van der Waals surface area (Å²) < 4.78 is 0. The molecule has 2 aromatic carbocycles. The number of nitrogens with two attached hydrogens (primary N) is 1. The van der Waals surface area contributed by atoms with E-state index in [2.05, 4.69) is 5.32 Å². The SMILES string of the molecule is N=C(N)c1ccccc1Nc1cccc(O)c1. The Hall–Kier alpha value is -2.49. The van der Waals surface area contributed by atoms with Crippen LogP contribution in [0.4, 0.5) is 11.4 Å². The van der Waals surface area contributed by atoms with Gasteiger partial charge in [0.15, 0.2) is 0 Å². The maximum Gasteiger partial charge on any atom is 0.124 e. The van der Waals surface area contributed by atoms with E-state index >= 15 is 0 Å². The van der Waals surface area contributed by atoms with Crippen molar-refractivity contribution >= 4 is 17.2 Å². The first-order valence-electron chi connectivity index (χ1n) is 5.16. The highest BCUT2D eigenvalue weighted by molar-refractivity contribution is 6.00. The molecule has 0 radical (unpaired) electrons. The monoisotopic (exact) mass is 227 g/mol. The number of nitrogen functional groups attached to an aromatic ring is 1. The van der Waals surface area contributed by atoms with Gasteiger partial charge in [0.1, 0.15) is 11.6 Å². The van der Waals surface area contributed by atoms with Crippen LogP contribution in [0.5, 0.6) is 5.75 Å². The molecule has 0 aliphatic heterocycles. The lowest BCUT2D eigenvalue weighted by molar-refractivity contribution is 0.475. The first-order chi connectivity index (χ1) is 8.16. The first-order valence-corrected chi connectivity index (χ1v) is 5.16. The van der Waals surface area contributed by atoms with Crippen molar-refractivity contribution in [3.63, 3.8) is 0 Å². The van der Waals surface area contributed by atoms with Crippen molar-refractivity contribution in [2.24, 2.45) is 5.73 Å². The van der Waals surface area contributed by atoms with E-state index in [-0.39, 0.29) is 11.6 Å². The van der Waals surface area contributed by atoms with Crippen molar-refractivity contribution in [1.82, 2.24) is 0 Å². The summed E-state index contributed by atoms with van der Waals surface area (Å²) in [5.41, 5.74) is 7.62. The second-order valence-corrected chi connectivity index (χ2v) is 3.63. The van der Waals surface area contributed by atoms with Crippen molar-refractivity contribution in [2.75, 3.05) is 5.32 Å². The molecular weight excluding hydrogens is 214 g/mol. The van der Waals surface area contributed by atoms with Crippen LogP contribution < -0.4 is 11.1 Å². The Kier molecular flexibility index (Phi) is 2.96. The molecule has 0 aliphatic rings. The molecule has 0 atom stereocenters. The van der Waals surface area contributed by atoms with E-state index in [1.807, 2.05) is 24.3 Å². The lowest BCUT2D eigenvalue weighted by Gasteiger charge is -2.11. The summed E-state index contributed by atoms with van der Waals surface area (Å²) in [5, 5.41) is 19.9. The molecule has 17 heavy (non-hydrogen) atoms. The molecule has 4 heteroatoms. The van der Waals surface area contributed by atoms with E-state index in [1.165, 1.54) is 0 Å². The molecule has 0 fully saturated rings. The number of aromatic hydroxyl groups is 1. The molecular formula is C13H13N3O. The van der Waals surface area contributed by atoms with Crippen LogP contribution in [-0.2, 0) is 0 Å². The predicted molar refractivity (Wildman–Crippen MR) is 68.8 cm³/mol. The lowest BCUT2D eigenvalue weighted by Crippen LogP contribution is -2.13. The molecule has 0 saturated carbocycles. The molecule has 2 rings (SSSR count). The minimum atomic E-state index is 0.00764. The van der Waals surface area contributed by atoms with Gasteiger partial charge in [0.25, 0.3) is 0 Å². The number of rotatable bonds is 3. The van der Waals surface area contributed by atoms with Gasteiger partial charge in [-0.2, -0.15) is 0 Å². The maximum absolute atomic E-state index is 9.36. The fourth-order valence-electron chi connectivity index (χ4n) is 1.57. The largest absolute Gasteiger partial charge is 0.508 e. The molecule has 0 aliphatic carbocycles. The molecule has 2 aromatic rings. The summed E-state index contributed by atoms with van der Waals surface area (Å²) in [7, 11) is 0. The van der Waals surface area contributed by atoms with Crippen molar-refractivity contribution in [3.8, 4) is 5.75 Å². The van der Waals surface area contributed by atoms with Gasteiger partial charge in [-0.25, -0.2) is 0 Å². The van der Waals surface area contributed by atoms with Crippen LogP contribution in [0.3, 0.4) is 0 Å². The van der Waals surface area contributed by atoms with Crippen LogP contribution in [0.1, 0.15) is 5.56 Å². The molecule has 0 saturated heterocycles. The summed E-state index contributed by atoms with van der Waals surface area (Å²) in [6.45, 7) is 0. The highest BCUT2D eigenvalue weighted by Crippen LogP contribution is 2.22. The number of para-hydroxylation sites is 1. The van der Waals surface area contributed by atoms with Gasteiger partial charge in [-0.15, -0.1) is 0 Å². The predicted octanol–water partition coefficient (Wildman–Crippen LogP) is 2.42. The molecule has 4 nitrogen and oxygen atoms in total. The zero-order chi connectivity index (χ0) is 12.3. The van der Waals surface area contributed by atoms with E-state index < -0.39 is 0 Å². The lowest BCUT2D eigenvalue weighted by atomic mass is 10.1. The van der Waals surface area contributed by atoms with Gasteiger partial charge >= 0.3 is 0 Å². The number of phenols is 1. The Morgan fingerprint density at radius 3 is 2.59 bits per heavy atom. The molecule has 0 unspecified atom stereocenters. The Labute approximate surface area is 99.2 Å². The van der Waals surface area contributed by atoms with Crippen molar-refractivity contribution in [1.29, 1.82) is 5.41 Å². The Morgan fingerprint density at radius 1 is 1.12 bits per heavy atom. The third kappa shape index (κ3) is 2.55. The van der Waals surface area contributed by atoms with Crippen LogP contribution in [0.15, 0.2) is 48.5 Å². The summed E-state index contributed by atoms with van der Waals surface area (Å²) in [4.78, 5) is 0. The van der Waals surface area contributed by atoms with Crippen LogP contribution in [0.2, 0.25) is 0 Å². The van der Waals surface area contributed by atoms with Crippen molar-refractivity contribution < 1.29 is 5.11 Å². The number of hydrogen-bond donors (Lipinski definition) is 4. The third-order valence-corrected chi connectivity index (χ3v) is 2.34. The van der Waals surface area contributed by atoms with Crippen LogP contribution in [-0.4, -0.2) is 10.9 Å². The van der Waals surface area contributed by atoms with Gasteiger partial charge in [0.2, 0.25) is 0 Å². The number of nitrogens with one attached hydrogen (secondary N) is 2. The zero-order valence-corrected chi connectivity index (χ0v) is 9.14. The van der Waals surface area contributed by atoms with Crippen LogP contribution in [0, 0.1) is 5.41 Å². The summed E-state index contributed by atoms with van der Waals surface area (Å²) >= 11 is 0. The quantitative estimate of drug-likeness (QED) is 0.480. The van der Waals surface area contributed by atoms with Crippen LogP contribution >= 0.6 is 0 Å². The molecule has 5 N–H and O–H groups in total. The van der Waals surface area contributed by atoms with E-state index in [0.717, 1.165) is 11.4 Å². The number of hydrogen-bond acceptors (Lipinski definition) is 3. The molecule has 0 amide bonds. The third-order valence-electron chi connectivity index (χ3n) is 2.34. The average molecular weight is 227 g/mol. The van der Waals surface area contributed by atoms with Gasteiger partial charge < -0.3 is 16.2 Å². The highest BCUT2D eigenvalue weighted by atomic mass is 16.3. The Bertz CT molecular complexity index is 552. The van der Waals surface area contributed by atoms with E-state index in [4.69, 9.17) is 11.1 Å². The smallest absolute Gasteiger partial charge is 0.124 e. The van der Waals surface area contributed by atoms with E-state index in [0.29, 0.717) is 5.56 Å². The molecule has 0 spiro atoms. The highest BCUT2D eigenvalue weighted by Gasteiger charge is 2.04. The van der Waals surface area contributed by atoms with Crippen LogP contribution in [0.25, 0.3) is 0 Å². The fraction of sp³-hybridized carbons (Fsp3) is 0. The summed E-state index contributed by atoms with van der Waals surface area (Å²) in [6.07, 6.45) is 0. The van der Waals surface area contributed by atoms with E-state index in [9.17, 15) is 5.11 Å². The maximum atomic E-state index is 9.36. The van der Waals surface area contributed by atoms with Gasteiger partial charge in [-0.1, -0.05) is 18.2 Å². The second-order valence-electron chi connectivity index (χ2n) is 3.63. The first kappa shape index (κ1) is 11.0. The zero-order valence-electron chi connectivity index (χ0n) is 9.14. The topological polar surface area (TPSA) is 82.1 Å². The Balaban J connectivity index is 2.33. The number of phenolic OH excluding ortho intramolecular Hbond substituents is 1. The molecule has 0 bridgehead atoms. The number of amidine groups is 1. The number of anilines is 2. The van der Waals surface area contributed by atoms with Crippen molar-refractivity contribution in [2.45, 2.75) is 0 Å². The Morgan fingerprint density at radius 2 is 1.88 bits per heavy atom. The van der Waals surface area contributed by atoms with Gasteiger partial charge in [-0.3, -0.25) is 5.41 Å². The summed E-state index contributed by atoms with van der Waals surface area (Å²) in [6, 6.07) is 14.1. The second kappa shape index (κ2) is 4.57. The average Bonchev–Trinajstić information content (AvgIpc) is 2.29. The summed E-state index contributed by atoms with van der Waals surface area (Å²) in [5.74, 6) is 0.198. The number of benzene rings is 2. The van der Waals surface area contributed by atoms with Gasteiger partial charge in [0.05, 0.1) is 0 Å². The minimum absolute atomic E-state index is 0.00764. The minimum Gasteiger partial charge on any atom is -0.508 e. The van der Waals surface area contributed by atoms with Crippen molar-refractivity contribution in [3.05, 3.63) is 54.1 Å². The molecule has 86 valence electrons. The van der Waals surface area contributed by atoms with E-state index in [1.54, 1.807) is 24.3 Å².